The fourth-order valence-electron chi connectivity index (χ4n) is 4.45. The Balaban J connectivity index is 2.40. The molecule has 1 aromatic rings. The van der Waals surface area contributed by atoms with E-state index in [2.05, 4.69) is 10.6 Å². The van der Waals surface area contributed by atoms with Crippen molar-refractivity contribution in [2.24, 2.45) is 0 Å². The number of hydrogen-bond donors (Lipinski definition) is 3. The molecule has 1 aromatic carbocycles. The Hall–Kier alpha value is -2.42. The summed E-state index contributed by atoms with van der Waals surface area (Å²) >= 11 is 1.57. The molecule has 2 rings (SSSR count). The van der Waals surface area contributed by atoms with Gasteiger partial charge in [-0.3, -0.25) is 9.59 Å². The maximum Gasteiger partial charge on any atom is 0.408 e. The number of phenols is 1. The second-order valence-electron chi connectivity index (χ2n) is 10.3. The van der Waals surface area contributed by atoms with Crippen LogP contribution in [-0.2, 0) is 14.3 Å². The number of rotatable bonds is 11. The van der Waals surface area contributed by atoms with E-state index in [1.807, 2.05) is 13.2 Å². The van der Waals surface area contributed by atoms with Crippen molar-refractivity contribution in [1.82, 2.24) is 15.5 Å². The molecule has 0 aliphatic heterocycles. The minimum absolute atomic E-state index is 0.0454. The van der Waals surface area contributed by atoms with Crippen LogP contribution in [0.4, 0.5) is 4.79 Å². The zero-order valence-corrected chi connectivity index (χ0v) is 23.2. The van der Waals surface area contributed by atoms with Crippen LogP contribution in [0.2, 0.25) is 0 Å². The van der Waals surface area contributed by atoms with Crippen molar-refractivity contribution in [3.05, 3.63) is 29.8 Å². The third-order valence-electron chi connectivity index (χ3n) is 6.09. The van der Waals surface area contributed by atoms with Gasteiger partial charge in [0.15, 0.2) is 0 Å². The van der Waals surface area contributed by atoms with E-state index in [1.54, 1.807) is 50.7 Å². The minimum atomic E-state index is -1.02. The number of hydrogen-bond acceptors (Lipinski definition) is 6. The van der Waals surface area contributed by atoms with Gasteiger partial charge in [-0.25, -0.2) is 4.79 Å². The Morgan fingerprint density at radius 1 is 1.17 bits per heavy atom. The van der Waals surface area contributed by atoms with Gasteiger partial charge in [0.05, 0.1) is 0 Å². The summed E-state index contributed by atoms with van der Waals surface area (Å²) in [4.78, 5) is 41.7. The van der Waals surface area contributed by atoms with Crippen molar-refractivity contribution in [1.29, 1.82) is 0 Å². The summed E-state index contributed by atoms with van der Waals surface area (Å²) < 4.78 is 5.40. The number of benzene rings is 1. The third-order valence-corrected chi connectivity index (χ3v) is 6.73. The molecule has 0 spiro atoms. The number of amides is 3. The van der Waals surface area contributed by atoms with Crippen LogP contribution in [0.15, 0.2) is 24.3 Å². The van der Waals surface area contributed by atoms with Crippen molar-refractivity contribution in [2.45, 2.75) is 96.4 Å². The predicted octanol–water partition coefficient (Wildman–Crippen LogP) is 4.77. The van der Waals surface area contributed by atoms with Crippen molar-refractivity contribution >= 4 is 29.7 Å². The number of ether oxygens (including phenoxy) is 1. The number of carbonyl (C=O) groups excluding carboxylic acids is 3. The molecule has 202 valence electrons. The summed E-state index contributed by atoms with van der Waals surface area (Å²) in [5.74, 6) is -0.0901. The standard InChI is InChI=1S/C27H43N3O5S/c1-6-17-30(25(33)21(16-18-36-5)29-26(34)35-27(2,3)4)23(20-14-10-11-15-22(20)31)24(32)28-19-12-8-7-9-13-19/h10-11,14-15,19,21,23,31H,6-9,12-13,16-18H2,1-5H3,(H,28,32)(H,29,34). The quantitative estimate of drug-likeness (QED) is 0.387. The summed E-state index contributed by atoms with van der Waals surface area (Å²) in [7, 11) is 0. The second kappa shape index (κ2) is 14.4. The first-order valence-corrected chi connectivity index (χ1v) is 14.3. The van der Waals surface area contributed by atoms with Crippen molar-refractivity contribution in [3.8, 4) is 5.75 Å². The Kier molecular flexibility index (Phi) is 11.9. The summed E-state index contributed by atoms with van der Waals surface area (Å²) in [6, 6.07) is 4.79. The zero-order valence-electron chi connectivity index (χ0n) is 22.3. The summed E-state index contributed by atoms with van der Waals surface area (Å²) in [6.07, 6.45) is 7.31. The van der Waals surface area contributed by atoms with Crippen molar-refractivity contribution in [2.75, 3.05) is 18.6 Å². The molecule has 0 aromatic heterocycles. The summed E-state index contributed by atoms with van der Waals surface area (Å²) in [5, 5.41) is 16.5. The molecule has 3 amide bonds. The maximum atomic E-state index is 13.9. The highest BCUT2D eigenvalue weighted by atomic mass is 32.2. The minimum Gasteiger partial charge on any atom is -0.508 e. The highest BCUT2D eigenvalue weighted by Gasteiger charge is 2.37. The van der Waals surface area contributed by atoms with Crippen LogP contribution in [0, 0.1) is 0 Å². The maximum absolute atomic E-state index is 13.9. The molecule has 0 bridgehead atoms. The number of thioether (sulfide) groups is 1. The Morgan fingerprint density at radius 3 is 2.42 bits per heavy atom. The lowest BCUT2D eigenvalue weighted by molar-refractivity contribution is -0.143. The lowest BCUT2D eigenvalue weighted by atomic mass is 9.94. The number of phenolic OH excluding ortho intramolecular Hbond substituents is 1. The lowest BCUT2D eigenvalue weighted by Crippen LogP contribution is -2.54. The Bertz CT molecular complexity index is 867. The molecule has 2 atom stereocenters. The molecule has 0 radical (unpaired) electrons. The van der Waals surface area contributed by atoms with E-state index < -0.39 is 23.8 Å². The monoisotopic (exact) mass is 521 g/mol. The fourth-order valence-corrected chi connectivity index (χ4v) is 4.92. The molecule has 0 heterocycles. The van der Waals surface area contributed by atoms with E-state index in [9.17, 15) is 19.5 Å². The highest BCUT2D eigenvalue weighted by Crippen LogP contribution is 2.31. The van der Waals surface area contributed by atoms with Crippen LogP contribution in [0.1, 0.15) is 84.2 Å². The van der Waals surface area contributed by atoms with E-state index in [1.165, 1.54) is 11.0 Å². The molecule has 2 unspecified atom stereocenters. The largest absolute Gasteiger partial charge is 0.508 e. The first-order chi connectivity index (χ1) is 17.1. The lowest BCUT2D eigenvalue weighted by Gasteiger charge is -2.35. The van der Waals surface area contributed by atoms with Crippen molar-refractivity contribution in [3.63, 3.8) is 0 Å². The van der Waals surface area contributed by atoms with Crippen molar-refractivity contribution < 1.29 is 24.2 Å². The predicted molar refractivity (Wildman–Crippen MR) is 144 cm³/mol. The molecule has 1 fully saturated rings. The molecule has 36 heavy (non-hydrogen) atoms. The molecular formula is C27H43N3O5S. The van der Waals surface area contributed by atoms with E-state index in [0.29, 0.717) is 30.7 Å². The van der Waals surface area contributed by atoms with Gasteiger partial charge < -0.3 is 25.4 Å². The summed E-state index contributed by atoms with van der Waals surface area (Å²) in [6.45, 7) is 7.51. The van der Waals surface area contributed by atoms with Crippen LogP contribution in [0.3, 0.4) is 0 Å². The Labute approximate surface area is 219 Å². The second-order valence-corrected chi connectivity index (χ2v) is 11.3. The first kappa shape index (κ1) is 29.8. The average molecular weight is 522 g/mol. The Morgan fingerprint density at radius 2 is 1.83 bits per heavy atom. The van der Waals surface area contributed by atoms with E-state index >= 15 is 0 Å². The SMILES string of the molecule is CCCN(C(=O)C(CCSC)NC(=O)OC(C)(C)C)C(C(=O)NC1CCCCC1)c1ccccc1O. The van der Waals surface area contributed by atoms with Gasteiger partial charge >= 0.3 is 6.09 Å². The third kappa shape index (κ3) is 9.22. The molecule has 9 heteroatoms. The molecule has 8 nitrogen and oxygen atoms in total. The van der Waals surface area contributed by atoms with Gasteiger partial charge in [0, 0.05) is 18.2 Å². The molecule has 1 aliphatic carbocycles. The molecule has 1 saturated carbocycles. The number of aromatic hydroxyl groups is 1. The van der Waals surface area contributed by atoms with Gasteiger partial charge in [0.1, 0.15) is 23.4 Å². The molecule has 1 aliphatic rings. The topological polar surface area (TPSA) is 108 Å². The fraction of sp³-hybridized carbons (Fsp3) is 0.667. The van der Waals surface area contributed by atoms with Crippen LogP contribution in [0.25, 0.3) is 0 Å². The van der Waals surface area contributed by atoms with Crippen LogP contribution < -0.4 is 10.6 Å². The van der Waals surface area contributed by atoms with Gasteiger partial charge in [-0.2, -0.15) is 11.8 Å². The highest BCUT2D eigenvalue weighted by molar-refractivity contribution is 7.98. The normalized spacial score (nSPS) is 16.0. The van der Waals surface area contributed by atoms with E-state index in [-0.39, 0.29) is 23.6 Å². The molecule has 0 saturated heterocycles. The van der Waals surface area contributed by atoms with Gasteiger partial charge in [-0.05, 0) is 64.5 Å². The van der Waals surface area contributed by atoms with E-state index in [4.69, 9.17) is 4.74 Å². The number of nitrogens with one attached hydrogen (secondary N) is 2. The number of nitrogens with zero attached hydrogens (tertiary/aromatic N) is 1. The van der Waals surface area contributed by atoms with Gasteiger partial charge in [-0.15, -0.1) is 0 Å². The van der Waals surface area contributed by atoms with Crippen LogP contribution >= 0.6 is 11.8 Å². The number of carbonyl (C=O) groups is 3. The van der Waals surface area contributed by atoms with E-state index in [0.717, 1.165) is 32.1 Å². The smallest absolute Gasteiger partial charge is 0.408 e. The first-order valence-electron chi connectivity index (χ1n) is 12.9. The molecular weight excluding hydrogens is 478 g/mol. The van der Waals surface area contributed by atoms with Gasteiger partial charge in [-0.1, -0.05) is 44.4 Å². The van der Waals surface area contributed by atoms with Crippen LogP contribution in [-0.4, -0.2) is 64.2 Å². The molecule has 3 N–H and O–H groups in total. The van der Waals surface area contributed by atoms with Gasteiger partial charge in [0.25, 0.3) is 0 Å². The number of para-hydroxylation sites is 1. The number of alkyl carbamates (subject to hydrolysis) is 1. The summed E-state index contributed by atoms with van der Waals surface area (Å²) in [5.41, 5.74) is -0.341. The van der Waals surface area contributed by atoms with Crippen LogP contribution in [0.5, 0.6) is 5.75 Å². The zero-order chi connectivity index (χ0) is 26.7. The van der Waals surface area contributed by atoms with Gasteiger partial charge in [0.2, 0.25) is 11.8 Å². The average Bonchev–Trinajstić information content (AvgIpc) is 2.81.